The summed E-state index contributed by atoms with van der Waals surface area (Å²) in [6, 6.07) is 12.6. The zero-order valence-electron chi connectivity index (χ0n) is 12.8. The Bertz CT molecular complexity index is 808. The third kappa shape index (κ3) is 3.06. The van der Waals surface area contributed by atoms with Gasteiger partial charge in [0.15, 0.2) is 0 Å². The second-order valence-electron chi connectivity index (χ2n) is 5.91. The lowest BCUT2D eigenvalue weighted by molar-refractivity contribution is 0.726. The van der Waals surface area contributed by atoms with E-state index in [9.17, 15) is 0 Å². The summed E-state index contributed by atoms with van der Waals surface area (Å²) in [7, 11) is 0. The summed E-state index contributed by atoms with van der Waals surface area (Å²) in [5, 5.41) is 1.47. The molecular weight excluding hydrogens is 326 g/mol. The highest BCUT2D eigenvalue weighted by atomic mass is 35.5. The number of hydrogen-bond acceptors (Lipinski definition) is 4. The first-order valence-electron chi connectivity index (χ1n) is 8.09. The first-order valence-corrected chi connectivity index (χ1v) is 9.28. The first kappa shape index (κ1) is 14.9. The zero-order valence-corrected chi connectivity index (χ0v) is 14.4. The van der Waals surface area contributed by atoms with Crippen molar-refractivity contribution in [1.82, 2.24) is 9.97 Å². The van der Waals surface area contributed by atoms with Crippen LogP contribution < -0.4 is 4.90 Å². The highest BCUT2D eigenvalue weighted by molar-refractivity contribution is 7.22. The van der Waals surface area contributed by atoms with Crippen LogP contribution in [0.3, 0.4) is 0 Å². The van der Waals surface area contributed by atoms with Gasteiger partial charge in [0.1, 0.15) is 10.6 Å². The number of halogens is 1. The lowest BCUT2D eigenvalue weighted by Gasteiger charge is -2.22. The minimum Gasteiger partial charge on any atom is -0.356 e. The summed E-state index contributed by atoms with van der Waals surface area (Å²) in [4.78, 5) is 13.6. The van der Waals surface area contributed by atoms with Crippen molar-refractivity contribution in [2.75, 3.05) is 18.0 Å². The molecule has 1 aliphatic heterocycles. The molecule has 3 heterocycles. The number of aromatic nitrogens is 2. The van der Waals surface area contributed by atoms with Crippen molar-refractivity contribution in [3.63, 3.8) is 0 Å². The van der Waals surface area contributed by atoms with Gasteiger partial charge in [0.2, 0.25) is 5.28 Å². The van der Waals surface area contributed by atoms with Gasteiger partial charge in [0.25, 0.3) is 0 Å². The van der Waals surface area contributed by atoms with Gasteiger partial charge in [-0.25, -0.2) is 4.98 Å². The van der Waals surface area contributed by atoms with E-state index in [0.717, 1.165) is 29.1 Å². The van der Waals surface area contributed by atoms with Crippen molar-refractivity contribution >= 4 is 39.0 Å². The number of rotatable bonds is 2. The smallest absolute Gasteiger partial charge is 0.225 e. The van der Waals surface area contributed by atoms with Gasteiger partial charge in [-0.1, -0.05) is 43.2 Å². The van der Waals surface area contributed by atoms with E-state index in [1.807, 2.05) is 6.07 Å². The van der Waals surface area contributed by atoms with Gasteiger partial charge < -0.3 is 4.90 Å². The molecule has 1 aromatic carbocycles. The summed E-state index contributed by atoms with van der Waals surface area (Å²) >= 11 is 7.88. The number of anilines is 1. The molecule has 0 radical (unpaired) electrons. The van der Waals surface area contributed by atoms with Crippen molar-refractivity contribution in [2.24, 2.45) is 0 Å². The molecule has 3 aromatic rings. The van der Waals surface area contributed by atoms with Crippen molar-refractivity contribution in [3.8, 4) is 10.4 Å². The molecule has 0 amide bonds. The Morgan fingerprint density at radius 2 is 1.70 bits per heavy atom. The van der Waals surface area contributed by atoms with Gasteiger partial charge >= 0.3 is 0 Å². The Morgan fingerprint density at radius 1 is 0.957 bits per heavy atom. The van der Waals surface area contributed by atoms with Crippen LogP contribution in [0.1, 0.15) is 25.7 Å². The van der Waals surface area contributed by atoms with E-state index in [1.165, 1.54) is 36.1 Å². The molecule has 5 heteroatoms. The van der Waals surface area contributed by atoms with E-state index in [1.54, 1.807) is 11.3 Å². The molecule has 1 aliphatic rings. The molecule has 0 saturated carbocycles. The van der Waals surface area contributed by atoms with E-state index >= 15 is 0 Å². The number of fused-ring (bicyclic) bond motifs is 1. The Hall–Kier alpha value is -1.65. The Kier molecular flexibility index (Phi) is 4.19. The van der Waals surface area contributed by atoms with E-state index in [4.69, 9.17) is 11.6 Å². The van der Waals surface area contributed by atoms with Gasteiger partial charge in [-0.2, -0.15) is 4.98 Å². The second kappa shape index (κ2) is 6.46. The lowest BCUT2D eigenvalue weighted by Crippen LogP contribution is -2.25. The molecule has 4 rings (SSSR count). The summed E-state index contributed by atoms with van der Waals surface area (Å²) in [6.45, 7) is 2.11. The zero-order chi connectivity index (χ0) is 15.6. The molecule has 0 N–H and O–H groups in total. The van der Waals surface area contributed by atoms with Crippen LogP contribution in [0.15, 0.2) is 36.4 Å². The average molecular weight is 344 g/mol. The number of hydrogen-bond donors (Lipinski definition) is 0. The van der Waals surface area contributed by atoms with Gasteiger partial charge in [0, 0.05) is 18.0 Å². The van der Waals surface area contributed by atoms with Gasteiger partial charge in [-0.05, 0) is 36.1 Å². The molecule has 1 saturated heterocycles. The van der Waals surface area contributed by atoms with Crippen LogP contribution in [0, 0.1) is 0 Å². The molecular formula is C18H18ClN3S. The van der Waals surface area contributed by atoms with Crippen LogP contribution in [-0.4, -0.2) is 23.1 Å². The summed E-state index contributed by atoms with van der Waals surface area (Å²) in [5.74, 6) is 1.00. The molecule has 2 aromatic heterocycles. The molecule has 118 valence electrons. The molecule has 23 heavy (non-hydrogen) atoms. The predicted octanol–water partition coefficient (Wildman–Crippen LogP) is 5.39. The van der Waals surface area contributed by atoms with Crippen molar-refractivity contribution in [3.05, 3.63) is 41.7 Å². The molecule has 0 atom stereocenters. The topological polar surface area (TPSA) is 29.0 Å². The standard InChI is InChI=1S/C18H18ClN3S/c19-18-20-16(22-10-6-1-2-7-11-22)14-12-15(23-17(14)21-18)13-8-4-3-5-9-13/h3-5,8-9,12H,1-2,6-7,10-11H2. The molecule has 0 spiro atoms. The largest absolute Gasteiger partial charge is 0.356 e. The maximum Gasteiger partial charge on any atom is 0.225 e. The summed E-state index contributed by atoms with van der Waals surface area (Å²) in [6.07, 6.45) is 5.05. The highest BCUT2D eigenvalue weighted by Crippen LogP contribution is 2.37. The predicted molar refractivity (Wildman–Crippen MR) is 98.5 cm³/mol. The van der Waals surface area contributed by atoms with Crippen LogP contribution in [0.4, 0.5) is 5.82 Å². The average Bonchev–Trinajstić information content (AvgIpc) is 2.81. The van der Waals surface area contributed by atoms with Crippen molar-refractivity contribution in [1.29, 1.82) is 0 Å². The number of benzene rings is 1. The Balaban J connectivity index is 1.82. The molecule has 0 aliphatic carbocycles. The monoisotopic (exact) mass is 343 g/mol. The number of nitrogens with zero attached hydrogens (tertiary/aromatic N) is 3. The fourth-order valence-corrected chi connectivity index (χ4v) is 4.40. The van der Waals surface area contributed by atoms with Crippen LogP contribution in [0.5, 0.6) is 0 Å². The van der Waals surface area contributed by atoms with E-state index in [0.29, 0.717) is 5.28 Å². The molecule has 1 fully saturated rings. The molecule has 0 unspecified atom stereocenters. The normalized spacial score (nSPS) is 15.8. The van der Waals surface area contributed by atoms with Crippen molar-refractivity contribution < 1.29 is 0 Å². The summed E-state index contributed by atoms with van der Waals surface area (Å²) < 4.78 is 0. The van der Waals surface area contributed by atoms with Crippen LogP contribution in [0.25, 0.3) is 20.7 Å². The van der Waals surface area contributed by atoms with Gasteiger partial charge in [-0.15, -0.1) is 11.3 Å². The fraction of sp³-hybridized carbons (Fsp3) is 0.333. The van der Waals surface area contributed by atoms with Gasteiger partial charge in [0.05, 0.1) is 5.39 Å². The van der Waals surface area contributed by atoms with E-state index < -0.39 is 0 Å². The summed E-state index contributed by atoms with van der Waals surface area (Å²) in [5.41, 5.74) is 1.22. The maximum absolute atomic E-state index is 6.20. The second-order valence-corrected chi connectivity index (χ2v) is 7.28. The van der Waals surface area contributed by atoms with E-state index in [2.05, 4.69) is 45.2 Å². The molecule has 3 nitrogen and oxygen atoms in total. The Labute approximate surface area is 144 Å². The van der Waals surface area contributed by atoms with Crippen LogP contribution in [-0.2, 0) is 0 Å². The third-order valence-electron chi connectivity index (χ3n) is 4.31. The molecule has 0 bridgehead atoms. The first-order chi connectivity index (χ1) is 11.3. The highest BCUT2D eigenvalue weighted by Gasteiger charge is 2.18. The number of thiophene rings is 1. The van der Waals surface area contributed by atoms with E-state index in [-0.39, 0.29) is 0 Å². The third-order valence-corrected chi connectivity index (χ3v) is 5.56. The minimum atomic E-state index is 0.346. The fourth-order valence-electron chi connectivity index (χ4n) is 3.15. The SMILES string of the molecule is Clc1nc(N2CCCCCC2)c2cc(-c3ccccc3)sc2n1. The minimum absolute atomic E-state index is 0.346. The Morgan fingerprint density at radius 3 is 2.43 bits per heavy atom. The van der Waals surface area contributed by atoms with Crippen LogP contribution >= 0.6 is 22.9 Å². The quantitative estimate of drug-likeness (QED) is 0.584. The van der Waals surface area contributed by atoms with Crippen LogP contribution in [0.2, 0.25) is 5.28 Å². The lowest BCUT2D eigenvalue weighted by atomic mass is 10.2. The van der Waals surface area contributed by atoms with Gasteiger partial charge in [-0.3, -0.25) is 0 Å². The maximum atomic E-state index is 6.20. The van der Waals surface area contributed by atoms with Crippen molar-refractivity contribution in [2.45, 2.75) is 25.7 Å².